The number of nitrogens with one attached hydrogen (secondary N) is 1. The fourth-order valence-corrected chi connectivity index (χ4v) is 3.69. The van der Waals surface area contributed by atoms with E-state index in [0.29, 0.717) is 11.3 Å². The lowest BCUT2D eigenvalue weighted by molar-refractivity contribution is -0.384. The van der Waals surface area contributed by atoms with Gasteiger partial charge in [0.15, 0.2) is 12.3 Å². The van der Waals surface area contributed by atoms with Crippen LogP contribution in [0.15, 0.2) is 40.6 Å². The molecule has 2 aromatic carbocycles. The van der Waals surface area contributed by atoms with Crippen LogP contribution in [0.25, 0.3) is 10.9 Å². The third-order valence-electron chi connectivity index (χ3n) is 3.97. The Balaban J connectivity index is 1.78. The van der Waals surface area contributed by atoms with E-state index >= 15 is 0 Å². The molecule has 1 aromatic heterocycles. The molecule has 2 N–H and O–H groups in total. The van der Waals surface area contributed by atoms with Crippen LogP contribution in [0.3, 0.4) is 0 Å². The van der Waals surface area contributed by atoms with E-state index in [1.165, 1.54) is 18.2 Å². The number of azo groups is 1. The Kier molecular flexibility index (Phi) is 5.58. The first-order valence-electron chi connectivity index (χ1n) is 8.09. The molecule has 0 radical (unpaired) electrons. The van der Waals surface area contributed by atoms with Gasteiger partial charge >= 0.3 is 5.91 Å². The fraction of sp³-hybridized carbons (Fsp3) is 0.167. The van der Waals surface area contributed by atoms with E-state index < -0.39 is 10.8 Å². The first-order chi connectivity index (χ1) is 13.3. The smallest absolute Gasteiger partial charge is 0.302 e. The number of aromatic amines is 1. The van der Waals surface area contributed by atoms with Crippen molar-refractivity contribution in [1.29, 1.82) is 0 Å². The third-order valence-corrected chi connectivity index (χ3v) is 4.60. The van der Waals surface area contributed by atoms with Crippen LogP contribution in [0, 0.1) is 27.5 Å². The third kappa shape index (κ3) is 4.11. The maximum atomic E-state index is 12.0. The number of non-ortho nitro benzene ring substituents is 1. The predicted molar refractivity (Wildman–Crippen MR) is 110 cm³/mol. The maximum Gasteiger partial charge on any atom is 0.302 e. The Morgan fingerprint density at radius 1 is 1.29 bits per heavy atom. The summed E-state index contributed by atoms with van der Waals surface area (Å²) in [6.45, 7) is 3.44. The zero-order chi connectivity index (χ0) is 20.4. The number of H-pyrrole nitrogens is 1. The molecular weight excluding hydrogens is 479 g/mol. The van der Waals surface area contributed by atoms with Crippen LogP contribution in [0.5, 0.6) is 11.6 Å². The van der Waals surface area contributed by atoms with Gasteiger partial charge < -0.3 is 14.8 Å². The quantitative estimate of drug-likeness (QED) is 0.230. The second-order valence-corrected chi connectivity index (χ2v) is 7.31. The first-order valence-corrected chi connectivity index (χ1v) is 9.17. The van der Waals surface area contributed by atoms with Crippen molar-refractivity contribution in [3.05, 3.63) is 55.1 Å². The molecule has 0 saturated carbocycles. The summed E-state index contributed by atoms with van der Waals surface area (Å²) >= 11 is 2.20. The van der Waals surface area contributed by atoms with Crippen molar-refractivity contribution in [3.8, 4) is 11.6 Å². The summed E-state index contributed by atoms with van der Waals surface area (Å²) in [6, 6.07) is 7.86. The van der Waals surface area contributed by atoms with E-state index in [2.05, 4.69) is 37.8 Å². The topological polar surface area (TPSA) is 130 Å². The predicted octanol–water partition coefficient (Wildman–Crippen LogP) is 4.69. The number of carbonyl (C=O) groups excluding carboxylic acids is 1. The van der Waals surface area contributed by atoms with E-state index in [4.69, 9.17) is 4.74 Å². The molecular formula is C18H15IN4O5. The number of ether oxygens (including phenoxy) is 1. The van der Waals surface area contributed by atoms with Crippen molar-refractivity contribution in [2.75, 3.05) is 6.61 Å². The average molecular weight is 494 g/mol. The Hall–Kier alpha value is -3.02. The number of rotatable bonds is 5. The lowest BCUT2D eigenvalue weighted by Gasteiger charge is -2.10. The number of aromatic hydroxyl groups is 1. The second kappa shape index (κ2) is 7.92. The van der Waals surface area contributed by atoms with Gasteiger partial charge in [-0.1, -0.05) is 0 Å². The van der Waals surface area contributed by atoms with Crippen molar-refractivity contribution >= 4 is 50.8 Å². The molecule has 0 unspecified atom stereocenters. The summed E-state index contributed by atoms with van der Waals surface area (Å²) in [5.74, 6) is -0.386. The number of hydrogen-bond acceptors (Lipinski definition) is 6. The Morgan fingerprint density at radius 2 is 1.96 bits per heavy atom. The number of fused-ring (bicyclic) bond motifs is 1. The molecule has 0 fully saturated rings. The molecule has 0 saturated heterocycles. The van der Waals surface area contributed by atoms with Crippen LogP contribution in [0.1, 0.15) is 11.1 Å². The Morgan fingerprint density at radius 3 is 2.61 bits per heavy atom. The van der Waals surface area contributed by atoms with Gasteiger partial charge in [0.2, 0.25) is 5.88 Å². The van der Waals surface area contributed by atoms with Crippen molar-refractivity contribution in [2.24, 2.45) is 10.2 Å². The molecule has 3 rings (SSSR count). The lowest BCUT2D eigenvalue weighted by Crippen LogP contribution is -2.09. The Bertz CT molecular complexity index is 1100. The summed E-state index contributed by atoms with van der Waals surface area (Å²) in [7, 11) is 0. The molecule has 3 aromatic rings. The molecule has 0 aliphatic rings. The molecule has 0 bridgehead atoms. The van der Waals surface area contributed by atoms with E-state index in [-0.39, 0.29) is 29.2 Å². The van der Waals surface area contributed by atoms with E-state index in [1.807, 2.05) is 26.0 Å². The molecule has 28 heavy (non-hydrogen) atoms. The SMILES string of the molecule is Cc1cc(I)cc(C)c1OCC(=O)N=Nc1c(O)[nH]c2ccc([N+](=O)[O-])cc12. The van der Waals surface area contributed by atoms with Gasteiger partial charge in [-0.3, -0.25) is 14.9 Å². The summed E-state index contributed by atoms with van der Waals surface area (Å²) < 4.78 is 6.62. The zero-order valence-corrected chi connectivity index (χ0v) is 17.1. The molecule has 0 aliphatic heterocycles. The van der Waals surface area contributed by atoms with Crippen LogP contribution < -0.4 is 4.74 Å². The summed E-state index contributed by atoms with van der Waals surface area (Å²) in [6.07, 6.45) is 0. The summed E-state index contributed by atoms with van der Waals surface area (Å²) in [4.78, 5) is 25.0. The number of carbonyl (C=O) groups is 1. The standard InChI is InChI=1S/C18H15IN4O5/c1-9-5-11(19)6-10(2)17(9)28-8-15(24)21-22-16-13-7-12(23(26)27)3-4-14(13)20-18(16)25/h3-7,20,25H,8H2,1-2H3. The second-order valence-electron chi connectivity index (χ2n) is 6.06. The number of benzene rings is 2. The largest absolute Gasteiger partial charge is 0.493 e. The van der Waals surface area contributed by atoms with Gasteiger partial charge in [0.1, 0.15) is 5.75 Å². The molecule has 144 valence electrons. The molecule has 10 heteroatoms. The highest BCUT2D eigenvalue weighted by atomic mass is 127. The van der Waals surface area contributed by atoms with Gasteiger partial charge in [-0.05, 0) is 65.8 Å². The number of aromatic nitrogens is 1. The number of amides is 1. The summed E-state index contributed by atoms with van der Waals surface area (Å²) in [5.41, 5.74) is 2.02. The molecule has 0 spiro atoms. The average Bonchev–Trinajstić information content (AvgIpc) is 2.93. The number of halogens is 1. The molecule has 0 atom stereocenters. The molecule has 9 nitrogen and oxygen atoms in total. The minimum Gasteiger partial charge on any atom is -0.493 e. The van der Waals surface area contributed by atoms with Gasteiger partial charge in [-0.15, -0.1) is 10.2 Å². The molecule has 1 heterocycles. The van der Waals surface area contributed by atoms with Gasteiger partial charge in [0.05, 0.1) is 10.4 Å². The summed E-state index contributed by atoms with van der Waals surface area (Å²) in [5, 5.41) is 28.5. The van der Waals surface area contributed by atoms with Gasteiger partial charge in [0, 0.05) is 21.1 Å². The highest BCUT2D eigenvalue weighted by Crippen LogP contribution is 2.37. The number of nitro benzene ring substituents is 1. The highest BCUT2D eigenvalue weighted by Gasteiger charge is 2.15. The molecule has 1 amide bonds. The van der Waals surface area contributed by atoms with Crippen molar-refractivity contribution in [2.45, 2.75) is 13.8 Å². The minimum atomic E-state index is -0.656. The van der Waals surface area contributed by atoms with Crippen LogP contribution in [0.4, 0.5) is 11.4 Å². The number of nitro groups is 1. The van der Waals surface area contributed by atoms with Crippen molar-refractivity contribution in [3.63, 3.8) is 0 Å². The highest BCUT2D eigenvalue weighted by molar-refractivity contribution is 14.1. The monoisotopic (exact) mass is 494 g/mol. The van der Waals surface area contributed by atoms with Crippen LogP contribution in [-0.4, -0.2) is 27.5 Å². The van der Waals surface area contributed by atoms with Crippen molar-refractivity contribution in [1.82, 2.24) is 4.98 Å². The number of aryl methyl sites for hydroxylation is 2. The van der Waals surface area contributed by atoms with Crippen LogP contribution >= 0.6 is 22.6 Å². The normalized spacial score (nSPS) is 11.2. The number of nitrogens with zero attached hydrogens (tertiary/aromatic N) is 3. The van der Waals surface area contributed by atoms with E-state index in [9.17, 15) is 20.0 Å². The van der Waals surface area contributed by atoms with E-state index in [1.54, 1.807) is 0 Å². The minimum absolute atomic E-state index is 0.0475. The fourth-order valence-electron chi connectivity index (χ4n) is 2.76. The first kappa shape index (κ1) is 19.7. The molecule has 0 aliphatic carbocycles. The van der Waals surface area contributed by atoms with Gasteiger partial charge in [0.25, 0.3) is 5.69 Å². The Labute approximate surface area is 172 Å². The van der Waals surface area contributed by atoms with Crippen LogP contribution in [-0.2, 0) is 4.79 Å². The maximum absolute atomic E-state index is 12.0. The lowest BCUT2D eigenvalue weighted by atomic mass is 10.1. The number of hydrogen-bond donors (Lipinski definition) is 2. The van der Waals surface area contributed by atoms with Crippen LogP contribution in [0.2, 0.25) is 0 Å². The van der Waals surface area contributed by atoms with Crippen molar-refractivity contribution < 1.29 is 19.6 Å². The van der Waals surface area contributed by atoms with Gasteiger partial charge in [-0.25, -0.2) is 0 Å². The van der Waals surface area contributed by atoms with E-state index in [0.717, 1.165) is 14.7 Å². The zero-order valence-electron chi connectivity index (χ0n) is 14.9. The van der Waals surface area contributed by atoms with Gasteiger partial charge in [-0.2, -0.15) is 0 Å².